The highest BCUT2D eigenvalue weighted by Gasteiger charge is 2.24. The van der Waals surface area contributed by atoms with Gasteiger partial charge in [0.05, 0.1) is 11.6 Å². The van der Waals surface area contributed by atoms with Crippen LogP contribution in [0.2, 0.25) is 10.0 Å². The number of halogens is 2. The Morgan fingerprint density at radius 3 is 3.00 bits per heavy atom. The molecule has 106 valence electrons. The van der Waals surface area contributed by atoms with Crippen molar-refractivity contribution in [1.29, 1.82) is 0 Å². The van der Waals surface area contributed by atoms with E-state index in [1.54, 1.807) is 0 Å². The summed E-state index contributed by atoms with van der Waals surface area (Å²) in [5, 5.41) is 13.5. The molecular formula is C14H19Cl2NO2. The molecule has 0 bridgehead atoms. The van der Waals surface area contributed by atoms with Gasteiger partial charge < -0.3 is 15.2 Å². The van der Waals surface area contributed by atoms with E-state index in [2.05, 4.69) is 12.2 Å². The predicted molar refractivity (Wildman–Crippen MR) is 78.2 cm³/mol. The van der Waals surface area contributed by atoms with Crippen molar-refractivity contribution >= 4 is 23.2 Å². The molecule has 2 rings (SSSR count). The Kier molecular flexibility index (Phi) is 5.34. The molecule has 2 atom stereocenters. The molecule has 2 N–H and O–H groups in total. The van der Waals surface area contributed by atoms with E-state index < -0.39 is 0 Å². The lowest BCUT2D eigenvalue weighted by Gasteiger charge is -2.23. The minimum Gasteiger partial charge on any atom is -0.492 e. The molecule has 0 aromatic heterocycles. The fraction of sp³-hybridized carbons (Fsp3) is 0.571. The molecule has 3 nitrogen and oxygen atoms in total. The van der Waals surface area contributed by atoms with Gasteiger partial charge in [0.25, 0.3) is 0 Å². The lowest BCUT2D eigenvalue weighted by Crippen LogP contribution is -2.31. The number of ether oxygens (including phenoxy) is 1. The topological polar surface area (TPSA) is 41.5 Å². The first-order valence-corrected chi connectivity index (χ1v) is 7.36. The van der Waals surface area contributed by atoms with Crippen LogP contribution >= 0.6 is 23.2 Å². The second kappa shape index (κ2) is 6.80. The van der Waals surface area contributed by atoms with Gasteiger partial charge in [0.2, 0.25) is 0 Å². The molecule has 0 saturated heterocycles. The molecule has 0 fully saturated rings. The average molecular weight is 304 g/mol. The molecular weight excluding hydrogens is 285 g/mol. The van der Waals surface area contributed by atoms with Gasteiger partial charge in [-0.3, -0.25) is 0 Å². The van der Waals surface area contributed by atoms with Crippen molar-refractivity contribution in [3.05, 3.63) is 27.7 Å². The van der Waals surface area contributed by atoms with E-state index in [1.165, 1.54) is 0 Å². The smallest absolute Gasteiger partial charge is 0.144 e. The Bertz CT molecular complexity index is 440. The largest absolute Gasteiger partial charge is 0.492 e. The van der Waals surface area contributed by atoms with Crippen LogP contribution in [0.4, 0.5) is 0 Å². The highest BCUT2D eigenvalue weighted by Crippen LogP contribution is 2.41. The van der Waals surface area contributed by atoms with E-state index in [-0.39, 0.29) is 18.7 Å². The van der Waals surface area contributed by atoms with Gasteiger partial charge in [-0.15, -0.1) is 0 Å². The first kappa shape index (κ1) is 14.9. The second-order valence-electron chi connectivity index (χ2n) is 4.90. The quantitative estimate of drug-likeness (QED) is 0.893. The average Bonchev–Trinajstić information content (AvgIpc) is 2.57. The van der Waals surface area contributed by atoms with Gasteiger partial charge in [0.1, 0.15) is 10.8 Å². The van der Waals surface area contributed by atoms with E-state index >= 15 is 0 Å². The maximum Gasteiger partial charge on any atom is 0.144 e. The molecule has 19 heavy (non-hydrogen) atoms. The van der Waals surface area contributed by atoms with Crippen molar-refractivity contribution in [1.82, 2.24) is 5.32 Å². The summed E-state index contributed by atoms with van der Waals surface area (Å²) in [5.41, 5.74) is 1.05. The number of fused-ring (bicyclic) bond motifs is 1. The third-order valence-corrected chi connectivity index (χ3v) is 4.17. The molecule has 1 aliphatic heterocycles. The summed E-state index contributed by atoms with van der Waals surface area (Å²) < 4.78 is 5.73. The number of aliphatic hydroxyl groups is 1. The number of hydrogen-bond donors (Lipinski definition) is 2. The lowest BCUT2D eigenvalue weighted by atomic mass is 10.0. The summed E-state index contributed by atoms with van der Waals surface area (Å²) >= 11 is 12.3. The Hall–Kier alpha value is -0.480. The van der Waals surface area contributed by atoms with Crippen LogP contribution in [0.5, 0.6) is 5.75 Å². The van der Waals surface area contributed by atoms with Crippen LogP contribution in [-0.4, -0.2) is 24.4 Å². The number of benzene rings is 1. The van der Waals surface area contributed by atoms with E-state index in [1.807, 2.05) is 12.1 Å². The molecule has 1 aromatic carbocycles. The number of nitrogens with one attached hydrogen (secondary N) is 1. The summed E-state index contributed by atoms with van der Waals surface area (Å²) in [6.07, 6.45) is 2.68. The number of rotatable bonds is 4. The van der Waals surface area contributed by atoms with Gasteiger partial charge in [-0.05, 0) is 32.3 Å². The van der Waals surface area contributed by atoms with Gasteiger partial charge in [0.15, 0.2) is 0 Å². The monoisotopic (exact) mass is 303 g/mol. The first-order chi connectivity index (χ1) is 9.13. The molecule has 1 aliphatic rings. The minimum atomic E-state index is 0.186. The summed E-state index contributed by atoms with van der Waals surface area (Å²) in [6, 6.07) is 4.21. The molecule has 1 heterocycles. The van der Waals surface area contributed by atoms with Gasteiger partial charge in [-0.1, -0.05) is 29.3 Å². The van der Waals surface area contributed by atoms with Crippen molar-refractivity contribution in [2.45, 2.75) is 38.3 Å². The Morgan fingerprint density at radius 2 is 2.26 bits per heavy atom. The van der Waals surface area contributed by atoms with Gasteiger partial charge in [-0.25, -0.2) is 0 Å². The highest BCUT2D eigenvalue weighted by atomic mass is 35.5. The van der Waals surface area contributed by atoms with Crippen molar-refractivity contribution < 1.29 is 9.84 Å². The molecule has 0 spiro atoms. The molecule has 5 heteroatoms. The molecule has 0 aliphatic carbocycles. The van der Waals surface area contributed by atoms with E-state index in [0.717, 1.165) is 24.8 Å². The van der Waals surface area contributed by atoms with Gasteiger partial charge in [-0.2, -0.15) is 0 Å². The van der Waals surface area contributed by atoms with Crippen molar-refractivity contribution in [2.75, 3.05) is 13.2 Å². The van der Waals surface area contributed by atoms with E-state index in [0.29, 0.717) is 22.4 Å². The highest BCUT2D eigenvalue weighted by molar-refractivity contribution is 6.43. The molecule has 0 saturated carbocycles. The van der Waals surface area contributed by atoms with Crippen molar-refractivity contribution in [2.24, 2.45) is 0 Å². The third kappa shape index (κ3) is 3.54. The Morgan fingerprint density at radius 1 is 1.47 bits per heavy atom. The summed E-state index contributed by atoms with van der Waals surface area (Å²) in [4.78, 5) is 0. The first-order valence-electron chi connectivity index (χ1n) is 6.61. The van der Waals surface area contributed by atoms with Crippen LogP contribution in [-0.2, 0) is 0 Å². The molecule has 1 aromatic rings. The van der Waals surface area contributed by atoms with Crippen LogP contribution in [0.15, 0.2) is 12.1 Å². The minimum absolute atomic E-state index is 0.186. The lowest BCUT2D eigenvalue weighted by molar-refractivity contribution is 0.261. The van der Waals surface area contributed by atoms with Crippen LogP contribution in [0.25, 0.3) is 0 Å². The maximum atomic E-state index is 8.99. The zero-order chi connectivity index (χ0) is 13.8. The van der Waals surface area contributed by atoms with Crippen molar-refractivity contribution in [3.63, 3.8) is 0 Å². The van der Waals surface area contributed by atoms with E-state index in [9.17, 15) is 0 Å². The van der Waals surface area contributed by atoms with Crippen LogP contribution < -0.4 is 10.1 Å². The summed E-state index contributed by atoms with van der Waals surface area (Å²) in [7, 11) is 0. The Labute approximate surface area is 123 Å². The third-order valence-electron chi connectivity index (χ3n) is 3.39. The van der Waals surface area contributed by atoms with Gasteiger partial charge in [0, 0.05) is 24.3 Å². The zero-order valence-corrected chi connectivity index (χ0v) is 12.5. The SMILES string of the molecule is C[C@H](CCO)NC1CCCOc2c1ccc(Cl)c2Cl. The normalized spacial score (nSPS) is 20.3. The number of hydrogen-bond acceptors (Lipinski definition) is 3. The predicted octanol–water partition coefficient (Wildman–Crippen LogP) is 3.57. The molecule has 0 amide bonds. The van der Waals surface area contributed by atoms with Crippen molar-refractivity contribution in [3.8, 4) is 5.75 Å². The summed E-state index contributed by atoms with van der Waals surface area (Å²) in [5.74, 6) is 0.695. The maximum absolute atomic E-state index is 8.99. The van der Waals surface area contributed by atoms with Crippen LogP contribution in [0.1, 0.15) is 37.8 Å². The summed E-state index contributed by atoms with van der Waals surface area (Å²) in [6.45, 7) is 2.91. The molecule has 1 unspecified atom stereocenters. The van der Waals surface area contributed by atoms with Crippen LogP contribution in [0, 0.1) is 0 Å². The number of aliphatic hydroxyl groups excluding tert-OH is 1. The second-order valence-corrected chi connectivity index (χ2v) is 5.69. The van der Waals surface area contributed by atoms with Gasteiger partial charge >= 0.3 is 0 Å². The zero-order valence-electron chi connectivity index (χ0n) is 11.0. The Balaban J connectivity index is 2.25. The fourth-order valence-corrected chi connectivity index (χ4v) is 2.75. The molecule has 0 radical (unpaired) electrons. The van der Waals surface area contributed by atoms with Crippen LogP contribution in [0.3, 0.4) is 0 Å². The standard InChI is InChI=1S/C14H19Cl2NO2/c1-9(6-7-18)17-12-3-2-8-19-14-10(12)4-5-11(15)13(14)16/h4-5,9,12,17-18H,2-3,6-8H2,1H3/t9-,12?/m1/s1. The fourth-order valence-electron chi connectivity index (χ4n) is 2.38. The van der Waals surface area contributed by atoms with E-state index in [4.69, 9.17) is 33.0 Å².